The Morgan fingerprint density at radius 1 is 1.37 bits per heavy atom. The highest BCUT2D eigenvalue weighted by Crippen LogP contribution is 2.31. The molecule has 2 aromatic rings. The average molecular weight is 348 g/mol. The van der Waals surface area contributed by atoms with Crippen molar-refractivity contribution in [1.82, 2.24) is 0 Å². The van der Waals surface area contributed by atoms with Gasteiger partial charge in [0.25, 0.3) is 0 Å². The van der Waals surface area contributed by atoms with Crippen molar-refractivity contribution in [3.63, 3.8) is 0 Å². The molecule has 0 aliphatic carbocycles. The average Bonchev–Trinajstić information content (AvgIpc) is 2.78. The third kappa shape index (κ3) is 3.32. The summed E-state index contributed by atoms with van der Waals surface area (Å²) in [6.45, 7) is 2.15. The van der Waals surface area contributed by atoms with E-state index in [9.17, 15) is 8.78 Å². The first-order chi connectivity index (χ1) is 9.01. The number of ether oxygens (including phenoxy) is 1. The van der Waals surface area contributed by atoms with Crippen molar-refractivity contribution in [2.75, 3.05) is 6.54 Å². The summed E-state index contributed by atoms with van der Waals surface area (Å²) in [4.78, 5) is 2.00. The summed E-state index contributed by atoms with van der Waals surface area (Å²) < 4.78 is 32.8. The maximum absolute atomic E-state index is 13.6. The molecule has 0 aliphatic rings. The molecule has 0 saturated carbocycles. The molecule has 19 heavy (non-hydrogen) atoms. The third-order valence-electron chi connectivity index (χ3n) is 2.52. The largest absolute Gasteiger partial charge is 0.480 e. The fourth-order valence-electron chi connectivity index (χ4n) is 1.62. The lowest BCUT2D eigenvalue weighted by atomic mass is 10.2. The Labute approximate surface area is 122 Å². The number of benzene rings is 1. The van der Waals surface area contributed by atoms with Crippen molar-refractivity contribution in [3.05, 3.63) is 50.1 Å². The number of hydrogen-bond acceptors (Lipinski definition) is 3. The molecule has 102 valence electrons. The number of halogens is 3. The minimum atomic E-state index is -1.00. The van der Waals surface area contributed by atoms with Gasteiger partial charge >= 0.3 is 0 Å². The van der Waals surface area contributed by atoms with Crippen LogP contribution in [-0.2, 0) is 0 Å². The molecule has 0 spiro atoms. The highest BCUT2D eigenvalue weighted by Gasteiger charge is 2.18. The van der Waals surface area contributed by atoms with Gasteiger partial charge in [-0.1, -0.05) is 15.9 Å². The first kappa shape index (κ1) is 14.4. The lowest BCUT2D eigenvalue weighted by molar-refractivity contribution is 0.205. The SMILES string of the molecule is Cc1ccc(C(CN)Oc2cc(Br)cc(F)c2F)s1. The van der Waals surface area contributed by atoms with E-state index >= 15 is 0 Å². The number of hydrogen-bond donors (Lipinski definition) is 1. The maximum atomic E-state index is 13.6. The summed E-state index contributed by atoms with van der Waals surface area (Å²) in [6.07, 6.45) is -0.484. The van der Waals surface area contributed by atoms with E-state index in [1.165, 1.54) is 17.4 Å². The van der Waals surface area contributed by atoms with Gasteiger partial charge in [-0.2, -0.15) is 4.39 Å². The molecule has 2 rings (SSSR count). The van der Waals surface area contributed by atoms with E-state index in [0.717, 1.165) is 15.8 Å². The maximum Gasteiger partial charge on any atom is 0.200 e. The van der Waals surface area contributed by atoms with Crippen molar-refractivity contribution >= 4 is 27.3 Å². The molecule has 0 bridgehead atoms. The zero-order valence-corrected chi connectivity index (χ0v) is 12.5. The quantitative estimate of drug-likeness (QED) is 0.842. The van der Waals surface area contributed by atoms with Crippen molar-refractivity contribution in [3.8, 4) is 5.75 Å². The van der Waals surface area contributed by atoms with Crippen LogP contribution in [0.3, 0.4) is 0 Å². The summed E-state index contributed by atoms with van der Waals surface area (Å²) >= 11 is 4.63. The number of rotatable bonds is 4. The Morgan fingerprint density at radius 2 is 2.11 bits per heavy atom. The second-order valence-corrected chi connectivity index (χ2v) is 6.23. The number of aryl methyl sites for hydroxylation is 1. The molecule has 1 unspecified atom stereocenters. The number of thiophene rings is 1. The summed E-state index contributed by atoms with van der Waals surface area (Å²) in [6, 6.07) is 6.25. The monoisotopic (exact) mass is 347 g/mol. The fraction of sp³-hybridized carbons (Fsp3) is 0.231. The van der Waals surface area contributed by atoms with E-state index in [-0.39, 0.29) is 12.3 Å². The topological polar surface area (TPSA) is 35.2 Å². The van der Waals surface area contributed by atoms with Gasteiger partial charge in [0.05, 0.1) is 0 Å². The lowest BCUT2D eigenvalue weighted by Gasteiger charge is -2.17. The van der Waals surface area contributed by atoms with Crippen LogP contribution in [0.2, 0.25) is 0 Å². The normalized spacial score (nSPS) is 12.5. The molecule has 1 aromatic carbocycles. The summed E-state index contributed by atoms with van der Waals surface area (Å²) in [7, 11) is 0. The molecule has 1 heterocycles. The van der Waals surface area contributed by atoms with Gasteiger partial charge in [0.1, 0.15) is 6.10 Å². The molecule has 2 N–H and O–H groups in total. The lowest BCUT2D eigenvalue weighted by Crippen LogP contribution is -2.18. The molecule has 1 aromatic heterocycles. The predicted molar refractivity (Wildman–Crippen MR) is 75.5 cm³/mol. The van der Waals surface area contributed by atoms with Crippen LogP contribution in [0, 0.1) is 18.6 Å². The summed E-state index contributed by atoms with van der Waals surface area (Å²) in [5.41, 5.74) is 5.64. The highest BCUT2D eigenvalue weighted by molar-refractivity contribution is 9.10. The summed E-state index contributed by atoms with van der Waals surface area (Å²) in [5, 5.41) is 0. The molecular formula is C13H12BrF2NOS. The summed E-state index contributed by atoms with van der Waals surface area (Å²) in [5.74, 6) is -2.11. The Hall–Kier alpha value is -0.980. The van der Waals surface area contributed by atoms with Crippen LogP contribution in [0.1, 0.15) is 15.9 Å². The molecular weight excluding hydrogens is 336 g/mol. The van der Waals surface area contributed by atoms with Gasteiger partial charge in [-0.15, -0.1) is 11.3 Å². The van der Waals surface area contributed by atoms with Crippen LogP contribution in [0.25, 0.3) is 0 Å². The Balaban J connectivity index is 2.28. The van der Waals surface area contributed by atoms with Gasteiger partial charge < -0.3 is 10.5 Å². The minimum Gasteiger partial charge on any atom is -0.480 e. The standard InChI is InChI=1S/C13H12BrF2NOS/c1-7-2-3-12(19-7)11(6-17)18-10-5-8(14)4-9(15)13(10)16/h2-5,11H,6,17H2,1H3. The number of nitrogens with two attached hydrogens (primary N) is 1. The molecule has 0 saturated heterocycles. The highest BCUT2D eigenvalue weighted by atomic mass is 79.9. The Kier molecular flexibility index (Phi) is 4.54. The zero-order valence-electron chi connectivity index (χ0n) is 10.1. The molecule has 2 nitrogen and oxygen atoms in total. The predicted octanol–water partition coefficient (Wildman–Crippen LogP) is 4.18. The minimum absolute atomic E-state index is 0.145. The van der Waals surface area contributed by atoms with E-state index in [1.54, 1.807) is 0 Å². The first-order valence-electron chi connectivity index (χ1n) is 5.59. The molecule has 0 fully saturated rings. The van der Waals surface area contributed by atoms with E-state index in [1.807, 2.05) is 19.1 Å². The van der Waals surface area contributed by atoms with E-state index in [0.29, 0.717) is 4.47 Å². The second-order valence-electron chi connectivity index (χ2n) is 3.99. The van der Waals surface area contributed by atoms with Crippen LogP contribution in [0.15, 0.2) is 28.7 Å². The van der Waals surface area contributed by atoms with Gasteiger partial charge in [0.15, 0.2) is 11.6 Å². The molecule has 0 radical (unpaired) electrons. The smallest absolute Gasteiger partial charge is 0.200 e. The first-order valence-corrected chi connectivity index (χ1v) is 7.20. The van der Waals surface area contributed by atoms with Gasteiger partial charge in [-0.25, -0.2) is 4.39 Å². The van der Waals surface area contributed by atoms with Crippen LogP contribution in [0.4, 0.5) is 8.78 Å². The van der Waals surface area contributed by atoms with E-state index in [4.69, 9.17) is 10.5 Å². The Morgan fingerprint density at radius 3 is 2.68 bits per heavy atom. The van der Waals surface area contributed by atoms with Crippen molar-refractivity contribution in [2.24, 2.45) is 5.73 Å². The Bertz CT molecular complexity index is 588. The van der Waals surface area contributed by atoms with E-state index in [2.05, 4.69) is 15.9 Å². The second kappa shape index (κ2) is 5.98. The fourth-order valence-corrected chi connectivity index (χ4v) is 2.95. The van der Waals surface area contributed by atoms with Crippen molar-refractivity contribution in [2.45, 2.75) is 13.0 Å². The van der Waals surface area contributed by atoms with Crippen LogP contribution >= 0.6 is 27.3 Å². The molecule has 1 atom stereocenters. The molecule has 6 heteroatoms. The van der Waals surface area contributed by atoms with Crippen LogP contribution in [-0.4, -0.2) is 6.54 Å². The zero-order chi connectivity index (χ0) is 14.0. The van der Waals surface area contributed by atoms with Gasteiger partial charge in [0.2, 0.25) is 5.82 Å². The van der Waals surface area contributed by atoms with Crippen molar-refractivity contribution in [1.29, 1.82) is 0 Å². The van der Waals surface area contributed by atoms with Gasteiger partial charge in [0, 0.05) is 20.8 Å². The van der Waals surface area contributed by atoms with Crippen LogP contribution < -0.4 is 10.5 Å². The molecule has 0 aliphatic heterocycles. The van der Waals surface area contributed by atoms with Gasteiger partial charge in [-0.3, -0.25) is 0 Å². The van der Waals surface area contributed by atoms with Crippen molar-refractivity contribution < 1.29 is 13.5 Å². The third-order valence-corrected chi connectivity index (χ3v) is 4.07. The van der Waals surface area contributed by atoms with Gasteiger partial charge in [-0.05, 0) is 31.2 Å². The van der Waals surface area contributed by atoms with E-state index < -0.39 is 17.7 Å². The van der Waals surface area contributed by atoms with Crippen LogP contribution in [0.5, 0.6) is 5.75 Å². The molecule has 0 amide bonds.